The Labute approximate surface area is 128 Å². The van der Waals surface area contributed by atoms with E-state index in [-0.39, 0.29) is 22.8 Å². The summed E-state index contributed by atoms with van der Waals surface area (Å²) in [7, 11) is 0. The zero-order chi connectivity index (χ0) is 16.2. The van der Waals surface area contributed by atoms with Crippen molar-refractivity contribution in [2.75, 3.05) is 0 Å². The molecule has 1 amide bonds. The van der Waals surface area contributed by atoms with E-state index in [0.29, 0.717) is 6.54 Å². The fourth-order valence-corrected chi connectivity index (χ4v) is 1.77. The maximum atomic E-state index is 11.9. The molecule has 2 N–H and O–H groups in total. The topological polar surface area (TPSA) is 84.1 Å². The number of nitrogens with zero attached hydrogens (tertiary/aromatic N) is 1. The van der Waals surface area contributed by atoms with Gasteiger partial charge in [-0.1, -0.05) is 12.1 Å². The first kappa shape index (κ1) is 15.8. The third-order valence-electron chi connectivity index (χ3n) is 2.71. The van der Waals surface area contributed by atoms with Gasteiger partial charge >= 0.3 is 0 Å². The average Bonchev–Trinajstić information content (AvgIpc) is 2.45. The Morgan fingerprint density at radius 2 is 1.86 bits per heavy atom. The summed E-state index contributed by atoms with van der Waals surface area (Å²) in [4.78, 5) is 22.8. The van der Waals surface area contributed by atoms with Crippen molar-refractivity contribution in [3.63, 3.8) is 0 Å². The summed E-state index contributed by atoms with van der Waals surface area (Å²) in [6.07, 6.45) is 0. The molecule has 1 heterocycles. The van der Waals surface area contributed by atoms with Gasteiger partial charge in [-0.05, 0) is 44.5 Å². The third-order valence-corrected chi connectivity index (χ3v) is 2.71. The number of carbonyl (C=O) groups excluding carboxylic acids is 1. The molecule has 6 nitrogen and oxygen atoms in total. The van der Waals surface area contributed by atoms with Crippen LogP contribution in [0, 0.1) is 0 Å². The lowest BCUT2D eigenvalue weighted by molar-refractivity contribution is 0.0945. The third kappa shape index (κ3) is 4.73. The Bertz CT molecular complexity index is 679. The highest BCUT2D eigenvalue weighted by molar-refractivity contribution is 5.91. The SMILES string of the molecule is CC(C)(C)Oc1ccc(CNC(=O)c2ccc(=O)[nH]n2)cc1. The molecule has 1 aromatic heterocycles. The van der Waals surface area contributed by atoms with Crippen LogP contribution in [0.3, 0.4) is 0 Å². The molecule has 0 atom stereocenters. The van der Waals surface area contributed by atoms with Crippen LogP contribution in [0.4, 0.5) is 0 Å². The van der Waals surface area contributed by atoms with Gasteiger partial charge in [-0.3, -0.25) is 9.59 Å². The molecule has 22 heavy (non-hydrogen) atoms. The van der Waals surface area contributed by atoms with Crippen LogP contribution in [-0.4, -0.2) is 21.7 Å². The van der Waals surface area contributed by atoms with Crippen LogP contribution in [-0.2, 0) is 6.54 Å². The summed E-state index contributed by atoms with van der Waals surface area (Å²) in [6, 6.07) is 10.2. The molecule has 1 aromatic carbocycles. The molecule has 0 aliphatic rings. The summed E-state index contributed by atoms with van der Waals surface area (Å²) in [5.41, 5.74) is 0.531. The van der Waals surface area contributed by atoms with Gasteiger partial charge in [0.1, 0.15) is 17.0 Å². The van der Waals surface area contributed by atoms with Crippen molar-refractivity contribution in [3.05, 3.63) is 58.0 Å². The highest BCUT2D eigenvalue weighted by Gasteiger charge is 2.11. The fourth-order valence-electron chi connectivity index (χ4n) is 1.77. The lowest BCUT2D eigenvalue weighted by Gasteiger charge is -2.21. The van der Waals surface area contributed by atoms with Crippen LogP contribution in [0.2, 0.25) is 0 Å². The largest absolute Gasteiger partial charge is 0.488 e. The van der Waals surface area contributed by atoms with Crippen molar-refractivity contribution < 1.29 is 9.53 Å². The standard InChI is InChI=1S/C16H19N3O3/c1-16(2,3)22-12-6-4-11(5-7-12)10-17-15(21)13-8-9-14(20)19-18-13/h4-9H,10H2,1-3H3,(H,17,21)(H,19,20). The highest BCUT2D eigenvalue weighted by atomic mass is 16.5. The minimum atomic E-state index is -0.342. The number of aromatic amines is 1. The van der Waals surface area contributed by atoms with Gasteiger partial charge in [-0.15, -0.1) is 0 Å². The fraction of sp³-hybridized carbons (Fsp3) is 0.312. The monoisotopic (exact) mass is 301 g/mol. The molecule has 2 rings (SSSR count). The molecular formula is C16H19N3O3. The Hall–Kier alpha value is -2.63. The second kappa shape index (κ2) is 6.43. The number of rotatable bonds is 4. The summed E-state index contributed by atoms with van der Waals surface area (Å²) in [6.45, 7) is 6.32. The molecule has 116 valence electrons. The number of benzene rings is 1. The molecular weight excluding hydrogens is 282 g/mol. The number of ether oxygens (including phenoxy) is 1. The maximum Gasteiger partial charge on any atom is 0.271 e. The van der Waals surface area contributed by atoms with Crippen LogP contribution in [0.15, 0.2) is 41.2 Å². The van der Waals surface area contributed by atoms with Gasteiger partial charge in [0.25, 0.3) is 11.5 Å². The van der Waals surface area contributed by atoms with E-state index in [4.69, 9.17) is 4.74 Å². The van der Waals surface area contributed by atoms with Gasteiger partial charge in [0, 0.05) is 12.6 Å². The Morgan fingerprint density at radius 3 is 2.41 bits per heavy atom. The summed E-state index contributed by atoms with van der Waals surface area (Å²) in [5.74, 6) is 0.441. The van der Waals surface area contributed by atoms with Crippen molar-refractivity contribution >= 4 is 5.91 Å². The van der Waals surface area contributed by atoms with Crippen molar-refractivity contribution in [2.24, 2.45) is 0 Å². The van der Waals surface area contributed by atoms with E-state index in [9.17, 15) is 9.59 Å². The smallest absolute Gasteiger partial charge is 0.271 e. The molecule has 0 radical (unpaired) electrons. The van der Waals surface area contributed by atoms with Gasteiger partial charge in [-0.2, -0.15) is 5.10 Å². The molecule has 0 spiro atoms. The van der Waals surface area contributed by atoms with Gasteiger partial charge < -0.3 is 10.1 Å². The van der Waals surface area contributed by atoms with Gasteiger partial charge in [0.05, 0.1) is 0 Å². The van der Waals surface area contributed by atoms with Crippen LogP contribution >= 0.6 is 0 Å². The van der Waals surface area contributed by atoms with E-state index in [1.807, 2.05) is 45.0 Å². The molecule has 2 aromatic rings. The molecule has 0 saturated heterocycles. The van der Waals surface area contributed by atoms with Crippen molar-refractivity contribution in [2.45, 2.75) is 32.9 Å². The van der Waals surface area contributed by atoms with Gasteiger partial charge in [0.2, 0.25) is 0 Å². The highest BCUT2D eigenvalue weighted by Crippen LogP contribution is 2.18. The van der Waals surface area contributed by atoms with Gasteiger partial charge in [-0.25, -0.2) is 5.10 Å². The van der Waals surface area contributed by atoms with Crippen LogP contribution in [0.25, 0.3) is 0 Å². The molecule has 0 aliphatic heterocycles. The number of hydrogen-bond donors (Lipinski definition) is 2. The molecule has 6 heteroatoms. The second-order valence-corrected chi connectivity index (χ2v) is 5.85. The Kier molecular flexibility index (Phi) is 4.60. The predicted octanol–water partition coefficient (Wildman–Crippen LogP) is 1.88. The van der Waals surface area contributed by atoms with E-state index in [0.717, 1.165) is 11.3 Å². The van der Waals surface area contributed by atoms with Gasteiger partial charge in [0.15, 0.2) is 0 Å². The Morgan fingerprint density at radius 1 is 1.18 bits per heavy atom. The molecule has 0 saturated carbocycles. The van der Waals surface area contributed by atoms with Crippen LogP contribution < -0.4 is 15.6 Å². The molecule has 0 fully saturated rings. The molecule has 0 bridgehead atoms. The van der Waals surface area contributed by atoms with E-state index >= 15 is 0 Å². The lowest BCUT2D eigenvalue weighted by atomic mass is 10.1. The number of carbonyl (C=O) groups is 1. The first-order valence-corrected chi connectivity index (χ1v) is 6.95. The first-order chi connectivity index (χ1) is 10.3. The number of amides is 1. The van der Waals surface area contributed by atoms with Crippen LogP contribution in [0.5, 0.6) is 5.75 Å². The average molecular weight is 301 g/mol. The maximum absolute atomic E-state index is 11.9. The zero-order valence-corrected chi connectivity index (χ0v) is 12.8. The molecule has 0 aliphatic carbocycles. The first-order valence-electron chi connectivity index (χ1n) is 6.95. The minimum Gasteiger partial charge on any atom is -0.488 e. The second-order valence-electron chi connectivity index (χ2n) is 5.85. The van der Waals surface area contributed by atoms with E-state index in [1.165, 1.54) is 12.1 Å². The van der Waals surface area contributed by atoms with Crippen molar-refractivity contribution in [3.8, 4) is 5.75 Å². The number of nitrogens with one attached hydrogen (secondary N) is 2. The quantitative estimate of drug-likeness (QED) is 0.903. The molecule has 0 unspecified atom stereocenters. The van der Waals surface area contributed by atoms with E-state index in [1.54, 1.807) is 0 Å². The number of H-pyrrole nitrogens is 1. The summed E-state index contributed by atoms with van der Waals surface area (Å²) < 4.78 is 5.73. The predicted molar refractivity (Wildman–Crippen MR) is 82.9 cm³/mol. The van der Waals surface area contributed by atoms with Crippen molar-refractivity contribution in [1.82, 2.24) is 15.5 Å². The lowest BCUT2D eigenvalue weighted by Crippen LogP contribution is -2.25. The van der Waals surface area contributed by atoms with E-state index in [2.05, 4.69) is 15.5 Å². The summed E-state index contributed by atoms with van der Waals surface area (Å²) in [5, 5.41) is 8.64. The normalized spacial score (nSPS) is 11.0. The number of hydrogen-bond acceptors (Lipinski definition) is 4. The van der Waals surface area contributed by atoms with Crippen molar-refractivity contribution in [1.29, 1.82) is 0 Å². The zero-order valence-electron chi connectivity index (χ0n) is 12.8. The van der Waals surface area contributed by atoms with Crippen LogP contribution in [0.1, 0.15) is 36.8 Å². The number of aromatic nitrogens is 2. The van der Waals surface area contributed by atoms with E-state index < -0.39 is 0 Å². The minimum absolute atomic E-state index is 0.173. The summed E-state index contributed by atoms with van der Waals surface area (Å²) >= 11 is 0. The Balaban J connectivity index is 1.93.